The number of nitrogens with one attached hydrogen (secondary N) is 1. The molecule has 0 aromatic carbocycles. The Bertz CT molecular complexity index is 633. The number of amides is 4. The van der Waals surface area contributed by atoms with Crippen molar-refractivity contribution in [2.75, 3.05) is 20.6 Å². The molecule has 0 radical (unpaired) electrons. The number of likely N-dealkylation sites (N-methyl/N-ethyl adjacent to an activating group) is 2. The third-order valence-corrected chi connectivity index (χ3v) is 4.84. The molecule has 1 aliphatic carbocycles. The Labute approximate surface area is 134 Å². The average Bonchev–Trinajstić information content (AvgIpc) is 3.07. The molecule has 3 rings (SSSR count). The van der Waals surface area contributed by atoms with E-state index in [1.807, 2.05) is 6.92 Å². The lowest BCUT2D eigenvalue weighted by Gasteiger charge is -2.33. The van der Waals surface area contributed by atoms with E-state index in [0.717, 1.165) is 30.6 Å². The number of fused-ring (bicyclic) bond motifs is 1. The van der Waals surface area contributed by atoms with Crippen LogP contribution in [0.2, 0.25) is 0 Å². The minimum absolute atomic E-state index is 0.227. The number of carbonyl (C=O) groups excluding carboxylic acids is 3. The summed E-state index contributed by atoms with van der Waals surface area (Å²) in [7, 11) is 3.29. The molecular formula is C15H22N5O3+. The van der Waals surface area contributed by atoms with Gasteiger partial charge in [0.05, 0.1) is 7.05 Å². The van der Waals surface area contributed by atoms with Crippen LogP contribution in [0.5, 0.6) is 0 Å². The predicted molar refractivity (Wildman–Crippen MR) is 83.4 cm³/mol. The highest BCUT2D eigenvalue weighted by Gasteiger charge is 2.51. The fourth-order valence-corrected chi connectivity index (χ4v) is 3.49. The number of hydrogen-bond acceptors (Lipinski definition) is 4. The van der Waals surface area contributed by atoms with Crippen molar-refractivity contribution in [1.82, 2.24) is 15.1 Å². The summed E-state index contributed by atoms with van der Waals surface area (Å²) >= 11 is 0. The number of nitrogens with zero attached hydrogens (tertiary/aromatic N) is 4. The SMILES string of the molecule is CN1C(=O)N(CC(=O)NC2(C)CCCC2)C(=O)C2C1=NC=[N+]2C. The summed E-state index contributed by atoms with van der Waals surface area (Å²) in [5.41, 5.74) is -0.227. The Morgan fingerprint density at radius 3 is 2.74 bits per heavy atom. The molecule has 2 aliphatic heterocycles. The van der Waals surface area contributed by atoms with Gasteiger partial charge in [-0.25, -0.2) is 9.37 Å². The second-order valence-electron chi connectivity index (χ2n) is 6.75. The van der Waals surface area contributed by atoms with Crippen LogP contribution in [0.25, 0.3) is 0 Å². The molecule has 0 spiro atoms. The molecule has 1 N–H and O–H groups in total. The molecule has 1 saturated heterocycles. The van der Waals surface area contributed by atoms with Gasteiger partial charge < -0.3 is 5.32 Å². The number of aliphatic imine (C=N–C) groups is 1. The maximum absolute atomic E-state index is 12.6. The first-order valence-electron chi connectivity index (χ1n) is 7.85. The Balaban J connectivity index is 1.73. The summed E-state index contributed by atoms with van der Waals surface area (Å²) in [6, 6.07) is -1.15. The average molecular weight is 320 g/mol. The zero-order valence-corrected chi connectivity index (χ0v) is 13.7. The molecule has 23 heavy (non-hydrogen) atoms. The lowest BCUT2D eigenvalue weighted by atomic mass is 10.0. The van der Waals surface area contributed by atoms with Crippen LogP contribution in [-0.4, -0.2) is 76.6 Å². The molecule has 1 atom stereocenters. The molecule has 4 amide bonds. The molecule has 8 heteroatoms. The van der Waals surface area contributed by atoms with Crippen LogP contribution >= 0.6 is 0 Å². The Morgan fingerprint density at radius 2 is 2.09 bits per heavy atom. The quantitative estimate of drug-likeness (QED) is 0.730. The van der Waals surface area contributed by atoms with Gasteiger partial charge in [-0.15, -0.1) is 0 Å². The van der Waals surface area contributed by atoms with Crippen molar-refractivity contribution in [3.05, 3.63) is 0 Å². The molecule has 1 saturated carbocycles. The lowest BCUT2D eigenvalue weighted by Crippen LogP contribution is -2.64. The Kier molecular flexibility index (Phi) is 3.69. The third kappa shape index (κ3) is 2.62. The number of imide groups is 1. The maximum atomic E-state index is 12.6. The lowest BCUT2D eigenvalue weighted by molar-refractivity contribution is -0.500. The fraction of sp³-hybridized carbons (Fsp3) is 0.667. The first-order valence-corrected chi connectivity index (χ1v) is 7.85. The van der Waals surface area contributed by atoms with E-state index in [4.69, 9.17) is 0 Å². The van der Waals surface area contributed by atoms with Gasteiger partial charge in [-0.05, 0) is 24.8 Å². The molecule has 2 heterocycles. The highest BCUT2D eigenvalue weighted by atomic mass is 16.2. The van der Waals surface area contributed by atoms with Gasteiger partial charge in [0.2, 0.25) is 5.91 Å². The van der Waals surface area contributed by atoms with Gasteiger partial charge in [-0.3, -0.25) is 19.4 Å². The van der Waals surface area contributed by atoms with Crippen LogP contribution < -0.4 is 5.32 Å². The van der Waals surface area contributed by atoms with E-state index in [0.29, 0.717) is 5.84 Å². The summed E-state index contributed by atoms with van der Waals surface area (Å²) in [5, 5.41) is 2.97. The minimum atomic E-state index is -0.632. The summed E-state index contributed by atoms with van der Waals surface area (Å²) in [5.74, 6) is -0.300. The molecule has 0 aromatic heterocycles. The van der Waals surface area contributed by atoms with Crippen LogP contribution in [0.15, 0.2) is 4.99 Å². The second kappa shape index (κ2) is 5.43. The minimum Gasteiger partial charge on any atom is -0.349 e. The van der Waals surface area contributed by atoms with E-state index in [1.165, 1.54) is 11.2 Å². The normalized spacial score (nSPS) is 26.1. The van der Waals surface area contributed by atoms with Gasteiger partial charge in [0.15, 0.2) is 0 Å². The van der Waals surface area contributed by atoms with E-state index in [-0.39, 0.29) is 18.0 Å². The van der Waals surface area contributed by atoms with Crippen molar-refractivity contribution >= 4 is 30.0 Å². The van der Waals surface area contributed by atoms with Crippen molar-refractivity contribution in [3.8, 4) is 0 Å². The van der Waals surface area contributed by atoms with Gasteiger partial charge in [0.25, 0.3) is 24.1 Å². The van der Waals surface area contributed by atoms with Crippen molar-refractivity contribution < 1.29 is 19.0 Å². The summed E-state index contributed by atoms with van der Waals surface area (Å²) in [6.07, 6.45) is 5.55. The molecular weight excluding hydrogens is 298 g/mol. The molecule has 2 fully saturated rings. The molecule has 0 bridgehead atoms. The topological polar surface area (TPSA) is 85.1 Å². The number of rotatable bonds is 3. The van der Waals surface area contributed by atoms with E-state index in [9.17, 15) is 14.4 Å². The van der Waals surface area contributed by atoms with Gasteiger partial charge in [-0.1, -0.05) is 12.8 Å². The predicted octanol–water partition coefficient (Wildman–Crippen LogP) is -0.219. The number of urea groups is 1. The molecule has 8 nitrogen and oxygen atoms in total. The van der Waals surface area contributed by atoms with Gasteiger partial charge in [0, 0.05) is 12.6 Å². The Morgan fingerprint density at radius 1 is 1.43 bits per heavy atom. The summed E-state index contributed by atoms with van der Waals surface area (Å²) < 4.78 is 1.64. The van der Waals surface area contributed by atoms with Gasteiger partial charge in [-0.2, -0.15) is 0 Å². The smallest absolute Gasteiger partial charge is 0.334 e. The molecule has 1 unspecified atom stereocenters. The first kappa shape index (κ1) is 15.6. The zero-order valence-electron chi connectivity index (χ0n) is 13.7. The molecule has 0 aromatic rings. The van der Waals surface area contributed by atoms with E-state index < -0.39 is 18.0 Å². The van der Waals surface area contributed by atoms with Gasteiger partial charge >= 0.3 is 6.03 Å². The fourth-order valence-electron chi connectivity index (χ4n) is 3.49. The Hall–Kier alpha value is -2.25. The largest absolute Gasteiger partial charge is 0.349 e. The van der Waals surface area contributed by atoms with E-state index in [1.54, 1.807) is 18.7 Å². The van der Waals surface area contributed by atoms with Gasteiger partial charge in [0.1, 0.15) is 6.54 Å². The number of carbonyl (C=O) groups is 3. The van der Waals surface area contributed by atoms with Crippen LogP contribution in [0, 0.1) is 0 Å². The summed E-state index contributed by atoms with van der Waals surface area (Å²) in [4.78, 5) is 43.7. The maximum Gasteiger partial charge on any atom is 0.334 e. The molecule has 124 valence electrons. The van der Waals surface area contributed by atoms with Crippen molar-refractivity contribution in [2.45, 2.75) is 44.2 Å². The van der Waals surface area contributed by atoms with Crippen molar-refractivity contribution in [3.63, 3.8) is 0 Å². The van der Waals surface area contributed by atoms with E-state index >= 15 is 0 Å². The number of amidine groups is 1. The monoisotopic (exact) mass is 320 g/mol. The van der Waals surface area contributed by atoms with Crippen LogP contribution in [-0.2, 0) is 9.59 Å². The second-order valence-corrected chi connectivity index (χ2v) is 6.75. The highest BCUT2D eigenvalue weighted by molar-refractivity contribution is 6.22. The van der Waals surface area contributed by atoms with Crippen LogP contribution in [0.1, 0.15) is 32.6 Å². The standard InChI is InChI=1S/C15H21N5O3/c1-15(6-4-5-7-15)17-10(21)8-20-13(22)11-12(16-9-18(11)2)19(3)14(20)23/h9,11H,4-8H2,1-3H3/p+1. The van der Waals surface area contributed by atoms with Crippen LogP contribution in [0.3, 0.4) is 0 Å². The van der Waals surface area contributed by atoms with E-state index in [2.05, 4.69) is 10.3 Å². The summed E-state index contributed by atoms with van der Waals surface area (Å²) in [6.45, 7) is 1.75. The first-order chi connectivity index (χ1) is 10.8. The zero-order chi connectivity index (χ0) is 16.8. The van der Waals surface area contributed by atoms with Crippen LogP contribution in [0.4, 0.5) is 4.79 Å². The number of hydrogen-bond donors (Lipinski definition) is 1. The highest BCUT2D eigenvalue weighted by Crippen LogP contribution is 2.28. The van der Waals surface area contributed by atoms with Crippen molar-refractivity contribution in [2.24, 2.45) is 4.99 Å². The third-order valence-electron chi connectivity index (χ3n) is 4.84. The molecule has 3 aliphatic rings. The van der Waals surface area contributed by atoms with Crippen molar-refractivity contribution in [1.29, 1.82) is 0 Å².